The van der Waals surface area contributed by atoms with E-state index in [1.54, 1.807) is 6.33 Å². The normalized spacial score (nSPS) is 15.6. The highest BCUT2D eigenvalue weighted by molar-refractivity contribution is 5.96. The van der Waals surface area contributed by atoms with Crippen LogP contribution in [0.5, 0.6) is 0 Å². The first-order chi connectivity index (χ1) is 8.74. The molecule has 6 nitrogen and oxygen atoms in total. The number of ketones is 1. The number of carbonyl (C=O) groups is 1. The Labute approximate surface area is 105 Å². The summed E-state index contributed by atoms with van der Waals surface area (Å²) in [4.78, 5) is 14.3. The lowest BCUT2D eigenvalue weighted by Crippen LogP contribution is -2.37. The first kappa shape index (κ1) is 11.2. The fraction of sp³-hybridized carbons (Fsp3) is 0.417. The highest BCUT2D eigenvalue weighted by Gasteiger charge is 2.20. The van der Waals surface area contributed by atoms with E-state index in [-0.39, 0.29) is 5.78 Å². The number of aryl methyl sites for hydroxylation is 1. The number of hydrogen-bond donors (Lipinski definition) is 0. The zero-order chi connectivity index (χ0) is 12.5. The van der Waals surface area contributed by atoms with Crippen molar-refractivity contribution in [2.45, 2.75) is 13.1 Å². The Hall–Kier alpha value is -1.95. The molecular weight excluding hydrogens is 230 g/mol. The van der Waals surface area contributed by atoms with Crippen molar-refractivity contribution < 1.29 is 4.79 Å². The maximum atomic E-state index is 12.1. The van der Waals surface area contributed by atoms with Gasteiger partial charge in [-0.3, -0.25) is 9.69 Å². The van der Waals surface area contributed by atoms with Gasteiger partial charge in [0.2, 0.25) is 0 Å². The van der Waals surface area contributed by atoms with Gasteiger partial charge in [0.1, 0.15) is 12.2 Å². The number of aromatic nitrogens is 4. The molecule has 0 atom stereocenters. The number of fused-ring (bicyclic) bond motifs is 1. The number of Topliss-reactive ketones (excluding diaryl/α,β-unsaturated/α-hetero) is 1. The standard InChI is InChI=1S/C12H15N5O/c1-15-4-2-3-10(15)11(18)7-16-5-6-17-9-13-14-12(17)8-16/h2-4,9H,5-8H2,1H3. The average Bonchev–Trinajstić information content (AvgIpc) is 2.96. The summed E-state index contributed by atoms with van der Waals surface area (Å²) < 4.78 is 3.89. The Morgan fingerprint density at radius 2 is 2.33 bits per heavy atom. The molecule has 0 amide bonds. The second-order valence-electron chi connectivity index (χ2n) is 4.58. The predicted molar refractivity (Wildman–Crippen MR) is 65.0 cm³/mol. The molecule has 94 valence electrons. The van der Waals surface area contributed by atoms with Crippen molar-refractivity contribution in [1.29, 1.82) is 0 Å². The van der Waals surface area contributed by atoms with Crippen LogP contribution in [0.3, 0.4) is 0 Å². The number of nitrogens with zero attached hydrogens (tertiary/aromatic N) is 5. The van der Waals surface area contributed by atoms with Gasteiger partial charge in [0, 0.05) is 26.3 Å². The van der Waals surface area contributed by atoms with Crippen LogP contribution in [-0.4, -0.2) is 43.1 Å². The van der Waals surface area contributed by atoms with Crippen molar-refractivity contribution in [3.05, 3.63) is 36.2 Å². The van der Waals surface area contributed by atoms with E-state index in [1.165, 1.54) is 0 Å². The molecule has 2 aromatic rings. The van der Waals surface area contributed by atoms with Crippen LogP contribution >= 0.6 is 0 Å². The summed E-state index contributed by atoms with van der Waals surface area (Å²) in [7, 11) is 1.89. The van der Waals surface area contributed by atoms with Crippen molar-refractivity contribution in [2.75, 3.05) is 13.1 Å². The summed E-state index contributed by atoms with van der Waals surface area (Å²) in [5.74, 6) is 1.08. The molecule has 0 radical (unpaired) electrons. The minimum atomic E-state index is 0.149. The van der Waals surface area contributed by atoms with E-state index in [1.807, 2.05) is 34.5 Å². The van der Waals surface area contributed by atoms with Gasteiger partial charge < -0.3 is 9.13 Å². The highest BCUT2D eigenvalue weighted by atomic mass is 16.1. The summed E-state index contributed by atoms with van der Waals surface area (Å²) in [6.45, 7) is 2.84. The van der Waals surface area contributed by atoms with Crippen molar-refractivity contribution in [3.8, 4) is 0 Å². The first-order valence-electron chi connectivity index (χ1n) is 5.97. The van der Waals surface area contributed by atoms with Crippen LogP contribution in [-0.2, 0) is 20.1 Å². The van der Waals surface area contributed by atoms with Gasteiger partial charge >= 0.3 is 0 Å². The molecule has 0 aliphatic carbocycles. The van der Waals surface area contributed by atoms with Gasteiger partial charge in [-0.15, -0.1) is 10.2 Å². The van der Waals surface area contributed by atoms with E-state index in [0.717, 1.165) is 24.6 Å². The molecule has 18 heavy (non-hydrogen) atoms. The third-order valence-electron chi connectivity index (χ3n) is 3.31. The maximum absolute atomic E-state index is 12.1. The molecule has 0 spiro atoms. The molecule has 2 aromatic heterocycles. The van der Waals surface area contributed by atoms with Crippen molar-refractivity contribution in [3.63, 3.8) is 0 Å². The maximum Gasteiger partial charge on any atom is 0.193 e. The molecule has 0 bridgehead atoms. The Morgan fingerprint density at radius 1 is 1.44 bits per heavy atom. The van der Waals surface area contributed by atoms with E-state index in [9.17, 15) is 4.79 Å². The molecule has 3 heterocycles. The summed E-state index contributed by atoms with van der Waals surface area (Å²) in [6, 6.07) is 3.74. The molecule has 0 N–H and O–H groups in total. The monoisotopic (exact) mass is 245 g/mol. The summed E-state index contributed by atoms with van der Waals surface area (Å²) >= 11 is 0. The van der Waals surface area contributed by atoms with Gasteiger partial charge in [-0.1, -0.05) is 0 Å². The third kappa shape index (κ3) is 1.95. The van der Waals surface area contributed by atoms with Gasteiger partial charge in [-0.05, 0) is 12.1 Å². The number of rotatable bonds is 3. The first-order valence-corrected chi connectivity index (χ1v) is 5.97. The minimum absolute atomic E-state index is 0.149. The van der Waals surface area contributed by atoms with Crippen LogP contribution in [0.4, 0.5) is 0 Å². The zero-order valence-electron chi connectivity index (χ0n) is 10.3. The zero-order valence-corrected chi connectivity index (χ0v) is 10.3. The smallest absolute Gasteiger partial charge is 0.193 e. The second-order valence-corrected chi connectivity index (χ2v) is 4.58. The van der Waals surface area contributed by atoms with Gasteiger partial charge in [-0.25, -0.2) is 0 Å². The lowest BCUT2D eigenvalue weighted by atomic mass is 10.2. The third-order valence-corrected chi connectivity index (χ3v) is 3.31. The quantitative estimate of drug-likeness (QED) is 0.731. The topological polar surface area (TPSA) is 56.0 Å². The van der Waals surface area contributed by atoms with Crippen molar-refractivity contribution >= 4 is 5.78 Å². The average molecular weight is 245 g/mol. The van der Waals surface area contributed by atoms with Crippen LogP contribution in [0.1, 0.15) is 16.3 Å². The summed E-state index contributed by atoms with van der Waals surface area (Å²) in [5.41, 5.74) is 0.752. The lowest BCUT2D eigenvalue weighted by molar-refractivity contribution is 0.0900. The fourth-order valence-corrected chi connectivity index (χ4v) is 2.29. The number of carbonyl (C=O) groups excluding carboxylic acids is 1. The molecule has 6 heteroatoms. The molecule has 1 aliphatic heterocycles. The van der Waals surface area contributed by atoms with E-state index in [4.69, 9.17) is 0 Å². The largest absolute Gasteiger partial charge is 0.348 e. The molecule has 3 rings (SSSR count). The molecule has 0 aromatic carbocycles. The van der Waals surface area contributed by atoms with Gasteiger partial charge in [0.25, 0.3) is 0 Å². The van der Waals surface area contributed by atoms with Gasteiger partial charge in [0.15, 0.2) is 5.78 Å². The van der Waals surface area contributed by atoms with Crippen LogP contribution in [0.25, 0.3) is 0 Å². The predicted octanol–water partition coefficient (Wildman–Crippen LogP) is 0.315. The molecule has 0 saturated carbocycles. The van der Waals surface area contributed by atoms with E-state index in [2.05, 4.69) is 15.1 Å². The lowest BCUT2D eigenvalue weighted by Gasteiger charge is -2.26. The highest BCUT2D eigenvalue weighted by Crippen LogP contribution is 2.10. The van der Waals surface area contributed by atoms with Crippen molar-refractivity contribution in [2.24, 2.45) is 7.05 Å². The Bertz CT molecular complexity index is 571. The van der Waals surface area contributed by atoms with Gasteiger partial charge in [-0.2, -0.15) is 0 Å². The Kier molecular flexibility index (Phi) is 2.71. The molecule has 1 aliphatic rings. The molecule has 0 saturated heterocycles. The Morgan fingerprint density at radius 3 is 3.11 bits per heavy atom. The summed E-state index contributed by atoms with van der Waals surface area (Å²) in [6.07, 6.45) is 3.63. The van der Waals surface area contributed by atoms with Crippen LogP contribution in [0.15, 0.2) is 24.7 Å². The van der Waals surface area contributed by atoms with Crippen LogP contribution < -0.4 is 0 Å². The van der Waals surface area contributed by atoms with Crippen molar-refractivity contribution in [1.82, 2.24) is 24.2 Å². The summed E-state index contributed by atoms with van der Waals surface area (Å²) in [5, 5.41) is 7.93. The molecular formula is C12H15N5O. The van der Waals surface area contributed by atoms with E-state index >= 15 is 0 Å². The van der Waals surface area contributed by atoms with E-state index in [0.29, 0.717) is 13.1 Å². The van der Waals surface area contributed by atoms with Crippen LogP contribution in [0.2, 0.25) is 0 Å². The molecule has 0 unspecified atom stereocenters. The van der Waals surface area contributed by atoms with Gasteiger partial charge in [0.05, 0.1) is 18.8 Å². The van der Waals surface area contributed by atoms with Crippen LogP contribution in [0, 0.1) is 0 Å². The second kappa shape index (κ2) is 4.38. The number of hydrogen-bond acceptors (Lipinski definition) is 4. The SMILES string of the molecule is Cn1cccc1C(=O)CN1CCn2cnnc2C1. The van der Waals surface area contributed by atoms with E-state index < -0.39 is 0 Å². The molecule has 0 fully saturated rings. The minimum Gasteiger partial charge on any atom is -0.348 e. The fourth-order valence-electron chi connectivity index (χ4n) is 2.29. The Balaban J connectivity index is 1.68.